The van der Waals surface area contributed by atoms with E-state index in [1.54, 1.807) is 18.2 Å². The van der Waals surface area contributed by atoms with Crippen molar-refractivity contribution in [3.8, 4) is 11.5 Å². The standard InChI is InChI=1S/C23H26N4O5/c1-14-5-4-6-18(15(14)2)26-21(28)13-32-19-10-7-16(11-20(19)31-3)12-24-27-23(30)22(29)25-17-8-9-17/h4-7,10-12,17H,8-9,13H2,1-3H3,(H,25,29)(H,26,28)(H,27,30)/b24-12+. The van der Waals surface area contributed by atoms with Crippen molar-refractivity contribution in [2.75, 3.05) is 19.0 Å². The molecule has 2 aromatic carbocycles. The summed E-state index contributed by atoms with van der Waals surface area (Å²) in [4.78, 5) is 35.5. The fourth-order valence-electron chi connectivity index (χ4n) is 2.79. The molecule has 0 bridgehead atoms. The van der Waals surface area contributed by atoms with E-state index in [2.05, 4.69) is 21.2 Å². The van der Waals surface area contributed by atoms with Crippen LogP contribution in [-0.2, 0) is 14.4 Å². The number of nitrogens with zero attached hydrogens (tertiary/aromatic N) is 1. The summed E-state index contributed by atoms with van der Waals surface area (Å²) in [5.41, 5.74) is 5.62. The summed E-state index contributed by atoms with van der Waals surface area (Å²) in [5.74, 6) is -1.04. The number of methoxy groups -OCH3 is 1. The zero-order valence-electron chi connectivity index (χ0n) is 18.2. The molecule has 1 aliphatic carbocycles. The third kappa shape index (κ3) is 6.31. The molecule has 1 fully saturated rings. The largest absolute Gasteiger partial charge is 0.493 e. The lowest BCUT2D eigenvalue weighted by molar-refractivity contribution is -0.139. The molecule has 9 nitrogen and oxygen atoms in total. The van der Waals surface area contributed by atoms with Crippen LogP contribution >= 0.6 is 0 Å². The molecule has 9 heteroatoms. The van der Waals surface area contributed by atoms with Crippen molar-refractivity contribution in [3.63, 3.8) is 0 Å². The van der Waals surface area contributed by atoms with Gasteiger partial charge in [-0.3, -0.25) is 14.4 Å². The molecule has 0 heterocycles. The van der Waals surface area contributed by atoms with Crippen LogP contribution in [0.1, 0.15) is 29.5 Å². The minimum atomic E-state index is -0.824. The number of aryl methyl sites for hydroxylation is 1. The maximum atomic E-state index is 12.3. The van der Waals surface area contributed by atoms with Crippen LogP contribution in [0.5, 0.6) is 11.5 Å². The van der Waals surface area contributed by atoms with Crippen LogP contribution in [0.25, 0.3) is 0 Å². The van der Waals surface area contributed by atoms with Crippen LogP contribution in [0.4, 0.5) is 5.69 Å². The predicted octanol–water partition coefficient (Wildman–Crippen LogP) is 2.06. The van der Waals surface area contributed by atoms with E-state index in [0.717, 1.165) is 29.7 Å². The molecule has 0 aromatic heterocycles. The first-order valence-electron chi connectivity index (χ1n) is 10.2. The summed E-state index contributed by atoms with van der Waals surface area (Å²) in [6.07, 6.45) is 3.16. The Morgan fingerprint density at radius 3 is 2.59 bits per heavy atom. The Morgan fingerprint density at radius 1 is 1.09 bits per heavy atom. The van der Waals surface area contributed by atoms with E-state index in [1.807, 2.05) is 32.0 Å². The van der Waals surface area contributed by atoms with Gasteiger partial charge in [0.2, 0.25) is 0 Å². The summed E-state index contributed by atoms with van der Waals surface area (Å²) in [7, 11) is 1.48. The van der Waals surface area contributed by atoms with Crippen molar-refractivity contribution >= 4 is 29.6 Å². The Labute approximate surface area is 186 Å². The van der Waals surface area contributed by atoms with Crippen LogP contribution < -0.4 is 25.5 Å². The number of nitrogens with one attached hydrogen (secondary N) is 3. The number of hydrogen-bond acceptors (Lipinski definition) is 6. The summed E-state index contributed by atoms with van der Waals surface area (Å²) < 4.78 is 10.9. The fourth-order valence-corrected chi connectivity index (χ4v) is 2.79. The van der Waals surface area contributed by atoms with Gasteiger partial charge in [0, 0.05) is 11.7 Å². The van der Waals surface area contributed by atoms with Gasteiger partial charge in [-0.25, -0.2) is 5.43 Å². The van der Waals surface area contributed by atoms with Crippen LogP contribution in [0.3, 0.4) is 0 Å². The number of anilines is 1. The summed E-state index contributed by atoms with van der Waals surface area (Å²) >= 11 is 0. The van der Waals surface area contributed by atoms with Crippen molar-refractivity contribution in [2.45, 2.75) is 32.7 Å². The highest BCUT2D eigenvalue weighted by Gasteiger charge is 2.26. The van der Waals surface area contributed by atoms with Gasteiger partial charge in [-0.15, -0.1) is 0 Å². The van der Waals surface area contributed by atoms with Crippen molar-refractivity contribution in [2.24, 2.45) is 5.10 Å². The molecule has 0 saturated heterocycles. The number of benzene rings is 2. The van der Waals surface area contributed by atoms with Crippen molar-refractivity contribution in [1.29, 1.82) is 0 Å². The third-order valence-electron chi connectivity index (χ3n) is 4.92. The molecule has 0 atom stereocenters. The minimum absolute atomic E-state index is 0.0944. The first-order chi connectivity index (χ1) is 15.4. The molecule has 3 rings (SSSR count). The van der Waals surface area contributed by atoms with E-state index >= 15 is 0 Å². The van der Waals surface area contributed by atoms with E-state index in [1.165, 1.54) is 13.3 Å². The molecule has 0 unspecified atom stereocenters. The number of amides is 3. The zero-order chi connectivity index (χ0) is 23.1. The molecule has 3 amide bonds. The van der Waals surface area contributed by atoms with Gasteiger partial charge in [-0.1, -0.05) is 12.1 Å². The molecule has 0 spiro atoms. The van der Waals surface area contributed by atoms with Gasteiger partial charge in [0.25, 0.3) is 5.91 Å². The predicted molar refractivity (Wildman–Crippen MR) is 120 cm³/mol. The molecule has 32 heavy (non-hydrogen) atoms. The number of rotatable bonds is 8. The van der Waals surface area contributed by atoms with Crippen LogP contribution in [0, 0.1) is 13.8 Å². The smallest absolute Gasteiger partial charge is 0.329 e. The lowest BCUT2D eigenvalue weighted by Gasteiger charge is -2.13. The second-order valence-electron chi connectivity index (χ2n) is 7.44. The topological polar surface area (TPSA) is 118 Å². The Balaban J connectivity index is 1.54. The van der Waals surface area contributed by atoms with Gasteiger partial charge in [-0.2, -0.15) is 5.10 Å². The highest BCUT2D eigenvalue weighted by molar-refractivity contribution is 6.35. The maximum absolute atomic E-state index is 12.3. The van der Waals surface area contributed by atoms with Crippen LogP contribution in [0.2, 0.25) is 0 Å². The quantitative estimate of drug-likeness (QED) is 0.331. The van der Waals surface area contributed by atoms with E-state index in [9.17, 15) is 14.4 Å². The third-order valence-corrected chi connectivity index (χ3v) is 4.92. The second-order valence-corrected chi connectivity index (χ2v) is 7.44. The van der Waals surface area contributed by atoms with Crippen molar-refractivity contribution < 1.29 is 23.9 Å². The van der Waals surface area contributed by atoms with Crippen LogP contribution in [0.15, 0.2) is 41.5 Å². The van der Waals surface area contributed by atoms with Crippen LogP contribution in [-0.4, -0.2) is 43.7 Å². The molecular weight excluding hydrogens is 412 g/mol. The van der Waals surface area contributed by atoms with Gasteiger partial charge in [0.05, 0.1) is 13.3 Å². The van der Waals surface area contributed by atoms with Gasteiger partial charge < -0.3 is 20.1 Å². The van der Waals surface area contributed by atoms with E-state index in [0.29, 0.717) is 17.1 Å². The number of hydrogen-bond donors (Lipinski definition) is 3. The summed E-state index contributed by atoms with van der Waals surface area (Å²) in [6.45, 7) is 3.73. The molecule has 168 valence electrons. The fraction of sp³-hybridized carbons (Fsp3) is 0.304. The van der Waals surface area contributed by atoms with E-state index < -0.39 is 11.8 Å². The number of carbonyl (C=O) groups excluding carboxylic acids is 3. The number of hydrazone groups is 1. The first kappa shape index (κ1) is 22.8. The summed E-state index contributed by atoms with van der Waals surface area (Å²) in [5, 5.41) is 9.20. The minimum Gasteiger partial charge on any atom is -0.493 e. The highest BCUT2D eigenvalue weighted by Crippen LogP contribution is 2.27. The molecule has 2 aromatic rings. The maximum Gasteiger partial charge on any atom is 0.329 e. The molecule has 1 aliphatic rings. The first-order valence-corrected chi connectivity index (χ1v) is 10.2. The lowest BCUT2D eigenvalue weighted by Crippen LogP contribution is -2.38. The van der Waals surface area contributed by atoms with Gasteiger partial charge in [0.1, 0.15) is 0 Å². The molecule has 0 aliphatic heterocycles. The average molecular weight is 438 g/mol. The molecule has 1 saturated carbocycles. The van der Waals surface area contributed by atoms with E-state index in [-0.39, 0.29) is 18.6 Å². The normalized spacial score (nSPS) is 12.8. The highest BCUT2D eigenvalue weighted by atomic mass is 16.5. The Hall–Kier alpha value is -3.88. The zero-order valence-corrected chi connectivity index (χ0v) is 18.2. The SMILES string of the molecule is COc1cc(/C=N/NC(=O)C(=O)NC2CC2)ccc1OCC(=O)Nc1cccc(C)c1C. The Morgan fingerprint density at radius 2 is 1.88 bits per heavy atom. The Bertz CT molecular complexity index is 1050. The van der Waals surface area contributed by atoms with Gasteiger partial charge >= 0.3 is 11.8 Å². The molecule has 3 N–H and O–H groups in total. The number of carbonyl (C=O) groups is 3. The van der Waals surface area contributed by atoms with Crippen molar-refractivity contribution in [1.82, 2.24) is 10.7 Å². The average Bonchev–Trinajstić information content (AvgIpc) is 3.59. The monoisotopic (exact) mass is 438 g/mol. The molecular formula is C23H26N4O5. The summed E-state index contributed by atoms with van der Waals surface area (Å²) in [6, 6.07) is 10.7. The molecule has 0 radical (unpaired) electrons. The van der Waals surface area contributed by atoms with Gasteiger partial charge in [0.15, 0.2) is 18.1 Å². The van der Waals surface area contributed by atoms with Gasteiger partial charge in [-0.05, 0) is 67.6 Å². The van der Waals surface area contributed by atoms with Crippen molar-refractivity contribution in [3.05, 3.63) is 53.1 Å². The lowest BCUT2D eigenvalue weighted by atomic mass is 10.1. The number of ether oxygens (including phenoxy) is 2. The second kappa shape index (κ2) is 10.4. The Kier molecular flexibility index (Phi) is 7.43. The van der Waals surface area contributed by atoms with E-state index in [4.69, 9.17) is 9.47 Å².